The largest absolute Gasteiger partial charge is 0.377 e. The first-order valence-corrected chi connectivity index (χ1v) is 13.5. The van der Waals surface area contributed by atoms with Crippen LogP contribution < -0.4 is 5.32 Å². The summed E-state index contributed by atoms with van der Waals surface area (Å²) >= 11 is 11.0. The number of rotatable bonds is 5. The van der Waals surface area contributed by atoms with Gasteiger partial charge in [-0.05, 0) is 76.7 Å². The summed E-state index contributed by atoms with van der Waals surface area (Å²) in [5, 5.41) is 26.2. The van der Waals surface area contributed by atoms with E-state index in [1.165, 1.54) is 35.5 Å². The summed E-state index contributed by atoms with van der Waals surface area (Å²) in [6.45, 7) is 2.07. The highest BCUT2D eigenvalue weighted by atomic mass is 127. The maximum Gasteiger partial charge on any atom is 0.282 e. The van der Waals surface area contributed by atoms with Crippen LogP contribution in [0.25, 0.3) is 0 Å². The van der Waals surface area contributed by atoms with Gasteiger partial charge in [0.25, 0.3) is 11.4 Å². The van der Waals surface area contributed by atoms with E-state index in [-0.39, 0.29) is 44.8 Å². The molecule has 35 heavy (non-hydrogen) atoms. The van der Waals surface area contributed by atoms with Crippen molar-refractivity contribution >= 4 is 63.0 Å². The van der Waals surface area contributed by atoms with Crippen molar-refractivity contribution in [2.75, 3.05) is 5.32 Å². The van der Waals surface area contributed by atoms with Crippen LogP contribution in [0.1, 0.15) is 35.1 Å². The lowest BCUT2D eigenvalue weighted by atomic mass is 9.76. The molecule has 2 aliphatic rings. The molecule has 0 bridgehead atoms. The van der Waals surface area contributed by atoms with Gasteiger partial charge in [0.05, 0.1) is 26.2 Å². The summed E-state index contributed by atoms with van der Waals surface area (Å²) in [6.07, 6.45) is 0.758. The monoisotopic (exact) mass is 621 g/mol. The number of nitrogens with one attached hydrogen (secondary N) is 1. The lowest BCUT2D eigenvalue weighted by Crippen LogP contribution is -2.31. The molecule has 0 aromatic heterocycles. The first-order valence-electron chi connectivity index (χ1n) is 11.1. The van der Waals surface area contributed by atoms with Gasteiger partial charge in [0.15, 0.2) is 0 Å². The second kappa shape index (κ2) is 9.59. The Hall–Kier alpha value is -2.37. The highest BCUT2D eigenvalue weighted by Crippen LogP contribution is 2.58. The van der Waals surface area contributed by atoms with Crippen molar-refractivity contribution in [1.82, 2.24) is 0 Å². The normalized spacial score (nSPS) is 24.8. The standard InChI is InChI=1S/C25H21ClIN3O4S/c1-13-10-15(27)11-17-22-18(25(28-24(13)17)14-6-8-16(9-7-14)29(31)32)12-21(23(22)26)35-20-5-3-2-4-19(20)30(33)34/h2-11,18,21-23,25,28H,12H2,1H3/t18-,21+,22-,23+,25-/m1/s1. The van der Waals surface area contributed by atoms with Crippen LogP contribution in [0.5, 0.6) is 0 Å². The minimum Gasteiger partial charge on any atom is -0.377 e. The Morgan fingerprint density at radius 3 is 2.46 bits per heavy atom. The van der Waals surface area contributed by atoms with Gasteiger partial charge < -0.3 is 5.32 Å². The van der Waals surface area contributed by atoms with Crippen molar-refractivity contribution in [2.24, 2.45) is 5.92 Å². The molecule has 1 aliphatic heterocycles. The zero-order valence-electron chi connectivity index (χ0n) is 18.6. The third-order valence-electron chi connectivity index (χ3n) is 6.89. The molecule has 5 atom stereocenters. The summed E-state index contributed by atoms with van der Waals surface area (Å²) in [4.78, 5) is 22.6. The molecule has 180 valence electrons. The summed E-state index contributed by atoms with van der Waals surface area (Å²) in [7, 11) is 0. The predicted octanol–water partition coefficient (Wildman–Crippen LogP) is 7.45. The average molecular weight is 622 g/mol. The van der Waals surface area contributed by atoms with Crippen LogP contribution >= 0.6 is 46.0 Å². The number of benzene rings is 3. The Kier molecular flexibility index (Phi) is 6.67. The van der Waals surface area contributed by atoms with E-state index in [0.717, 1.165) is 26.8 Å². The van der Waals surface area contributed by atoms with E-state index in [4.69, 9.17) is 11.6 Å². The zero-order valence-corrected chi connectivity index (χ0v) is 22.3. The van der Waals surface area contributed by atoms with Gasteiger partial charge in [-0.3, -0.25) is 20.2 Å². The van der Waals surface area contributed by atoms with Crippen LogP contribution in [0.3, 0.4) is 0 Å². The van der Waals surface area contributed by atoms with Gasteiger partial charge >= 0.3 is 0 Å². The Morgan fingerprint density at radius 1 is 1.06 bits per heavy atom. The van der Waals surface area contributed by atoms with E-state index in [9.17, 15) is 20.2 Å². The first kappa shape index (κ1) is 24.3. The van der Waals surface area contributed by atoms with E-state index in [1.54, 1.807) is 12.1 Å². The van der Waals surface area contributed by atoms with E-state index >= 15 is 0 Å². The van der Waals surface area contributed by atoms with Crippen molar-refractivity contribution in [1.29, 1.82) is 0 Å². The predicted molar refractivity (Wildman–Crippen MR) is 147 cm³/mol. The number of nitro groups is 2. The minimum atomic E-state index is -0.397. The number of halogens is 2. The molecule has 1 heterocycles. The topological polar surface area (TPSA) is 98.3 Å². The van der Waals surface area contributed by atoms with Gasteiger partial charge in [-0.2, -0.15) is 0 Å². The van der Waals surface area contributed by atoms with Crippen LogP contribution in [-0.2, 0) is 0 Å². The fourth-order valence-electron chi connectivity index (χ4n) is 5.37. The van der Waals surface area contributed by atoms with Gasteiger partial charge in [-0.15, -0.1) is 23.4 Å². The third kappa shape index (κ3) is 4.49. The summed E-state index contributed by atoms with van der Waals surface area (Å²) in [5.41, 5.74) is 4.45. The Morgan fingerprint density at radius 2 is 1.77 bits per heavy atom. The molecule has 7 nitrogen and oxygen atoms in total. The van der Waals surface area contributed by atoms with Gasteiger partial charge in [0.2, 0.25) is 0 Å². The number of para-hydroxylation sites is 1. The Labute approximate surface area is 225 Å². The van der Waals surface area contributed by atoms with Crippen molar-refractivity contribution in [3.8, 4) is 0 Å². The smallest absolute Gasteiger partial charge is 0.282 e. The second-order valence-electron chi connectivity index (χ2n) is 8.91. The van der Waals surface area contributed by atoms with Gasteiger partial charge in [0, 0.05) is 38.6 Å². The van der Waals surface area contributed by atoms with Crippen molar-refractivity contribution in [2.45, 2.75) is 40.8 Å². The molecule has 0 amide bonds. The van der Waals surface area contributed by atoms with Gasteiger partial charge in [-0.25, -0.2) is 0 Å². The van der Waals surface area contributed by atoms with Crippen molar-refractivity contribution in [3.05, 3.63) is 101 Å². The first-order chi connectivity index (χ1) is 16.7. The van der Waals surface area contributed by atoms with E-state index in [0.29, 0.717) is 4.90 Å². The van der Waals surface area contributed by atoms with E-state index < -0.39 is 4.92 Å². The number of fused-ring (bicyclic) bond motifs is 3. The lowest BCUT2D eigenvalue weighted by Gasteiger charge is -2.39. The minimum absolute atomic E-state index is 0.0285. The average Bonchev–Trinajstić information content (AvgIpc) is 3.15. The number of nitro benzene ring substituents is 2. The van der Waals surface area contributed by atoms with Crippen LogP contribution in [0.15, 0.2) is 65.6 Å². The van der Waals surface area contributed by atoms with Gasteiger partial charge in [-0.1, -0.05) is 24.3 Å². The Balaban J connectivity index is 1.55. The summed E-state index contributed by atoms with van der Waals surface area (Å²) < 4.78 is 1.13. The highest BCUT2D eigenvalue weighted by molar-refractivity contribution is 14.1. The molecule has 1 aliphatic carbocycles. The van der Waals surface area contributed by atoms with Crippen LogP contribution in [0, 0.1) is 36.6 Å². The van der Waals surface area contributed by atoms with Gasteiger partial charge in [0.1, 0.15) is 0 Å². The van der Waals surface area contributed by atoms with E-state index in [2.05, 4.69) is 47.0 Å². The molecule has 3 aromatic carbocycles. The molecule has 0 saturated heterocycles. The van der Waals surface area contributed by atoms with Crippen LogP contribution in [-0.4, -0.2) is 20.5 Å². The Bertz CT molecular complexity index is 1320. The number of aryl methyl sites for hydroxylation is 1. The van der Waals surface area contributed by atoms with Crippen molar-refractivity contribution < 1.29 is 9.85 Å². The van der Waals surface area contributed by atoms with Crippen molar-refractivity contribution in [3.63, 3.8) is 0 Å². The molecule has 0 spiro atoms. The number of thioether (sulfide) groups is 1. The SMILES string of the molecule is Cc1cc(I)cc2c1N[C@H](c1ccc([N+](=O)[O-])cc1)[C@@H]1C[C@H](Sc3ccccc3[N+](=O)[O-])[C@H](Cl)[C@H]21. The molecule has 3 aromatic rings. The number of hydrogen-bond donors (Lipinski definition) is 1. The van der Waals surface area contributed by atoms with E-state index in [1.807, 2.05) is 18.2 Å². The second-order valence-corrected chi connectivity index (χ2v) is 11.9. The van der Waals surface area contributed by atoms with Crippen LogP contribution in [0.2, 0.25) is 0 Å². The number of alkyl halides is 1. The number of anilines is 1. The fraction of sp³-hybridized carbons (Fsp3) is 0.280. The number of hydrogen-bond acceptors (Lipinski definition) is 6. The molecular formula is C25H21ClIN3O4S. The molecule has 1 fully saturated rings. The molecule has 5 rings (SSSR count). The highest BCUT2D eigenvalue weighted by Gasteiger charge is 2.50. The van der Waals surface area contributed by atoms with Crippen LogP contribution in [0.4, 0.5) is 17.1 Å². The number of nitrogens with zero attached hydrogens (tertiary/aromatic N) is 2. The molecule has 10 heteroatoms. The third-order valence-corrected chi connectivity index (χ3v) is 9.62. The summed E-state index contributed by atoms with van der Waals surface area (Å²) in [5.74, 6) is 0.172. The zero-order chi connectivity index (χ0) is 24.9. The molecule has 0 radical (unpaired) electrons. The molecule has 1 N–H and O–H groups in total. The molecular weight excluding hydrogens is 601 g/mol. The quantitative estimate of drug-likeness (QED) is 0.138. The maximum atomic E-state index is 11.6. The number of non-ortho nitro benzene ring substituents is 1. The summed E-state index contributed by atoms with van der Waals surface area (Å²) in [6, 6.07) is 17.7. The maximum absolute atomic E-state index is 11.6. The molecule has 1 saturated carbocycles. The lowest BCUT2D eigenvalue weighted by molar-refractivity contribution is -0.387. The molecule has 0 unspecified atom stereocenters. The fourth-order valence-corrected chi connectivity index (χ4v) is 8.11.